The van der Waals surface area contributed by atoms with Gasteiger partial charge in [-0.1, -0.05) is 0 Å². The molecule has 8 aromatic heterocycles. The minimum atomic E-state index is -0.712. The minimum Gasteiger partial charge on any atom is -0.497 e. The number of hydrogen-bond acceptors (Lipinski definition) is 24. The van der Waals surface area contributed by atoms with Crippen LogP contribution in [0.2, 0.25) is 0 Å². The number of anilines is 6. The smallest absolute Gasteiger partial charge is 0.150 e. The van der Waals surface area contributed by atoms with Gasteiger partial charge in [-0.05, 0) is 86.8 Å². The fourth-order valence-corrected chi connectivity index (χ4v) is 12.4. The maximum absolute atomic E-state index is 10.5. The Balaban J connectivity index is 0.000000142. The molecule has 0 spiro atoms. The van der Waals surface area contributed by atoms with Gasteiger partial charge in [-0.3, -0.25) is 29.0 Å². The summed E-state index contributed by atoms with van der Waals surface area (Å²) in [5.74, 6) is 4.98. The van der Waals surface area contributed by atoms with Crippen LogP contribution in [-0.2, 0) is 43.7 Å². The molecule has 1 saturated heterocycles. The van der Waals surface area contributed by atoms with Crippen molar-refractivity contribution >= 4 is 67.2 Å². The number of nitrogens with zero attached hydrogens (tertiary/aromatic N) is 20. The number of benzene rings is 6. The van der Waals surface area contributed by atoms with Gasteiger partial charge in [0, 0.05) is 172 Å². The Bertz CT molecular complexity index is 5270. The summed E-state index contributed by atoms with van der Waals surface area (Å²) in [6, 6.07) is 37.3. The van der Waals surface area contributed by atoms with Crippen LogP contribution in [0.1, 0.15) is 37.0 Å². The van der Waals surface area contributed by atoms with Crippen molar-refractivity contribution in [3.63, 3.8) is 0 Å². The fraction of sp³-hybridized carbons (Fsp3) is 0.282. The zero-order valence-corrected chi connectivity index (χ0v) is 61.5. The number of aromatic nitrogens is 17. The van der Waals surface area contributed by atoms with Crippen LogP contribution in [0.4, 0.5) is 34.1 Å². The van der Waals surface area contributed by atoms with E-state index in [1.807, 2.05) is 170 Å². The molecule has 0 bridgehead atoms. The van der Waals surface area contributed by atoms with Crippen LogP contribution in [-0.4, -0.2) is 171 Å². The SMILES string of the molecule is COC[C@@H](O)CN(c1cc(OC)cc(OC)c1)c1ccc2ncc(-c3cnn(C)c3)nc2c1.COc1cc(OC)cc(N(CCn2ncnc2C)c2ccc3ncc(-c4cnn(C)c4)nc3c2)c1.COc1cc(OC)cc(N(Cc2ccn(C3CCCCO3)n2)c2ccc3ncc(-c4cnn(C)c4)nc3c2)c1. The average molecular weight is 1450 g/mol. The van der Waals surface area contributed by atoms with E-state index in [1.165, 1.54) is 0 Å². The van der Waals surface area contributed by atoms with Crippen molar-refractivity contribution in [1.82, 2.24) is 83.8 Å². The zero-order chi connectivity index (χ0) is 74.5. The quantitative estimate of drug-likeness (QED) is 0.0556. The third-order valence-electron chi connectivity index (χ3n) is 18.0. The highest BCUT2D eigenvalue weighted by atomic mass is 16.5. The summed E-state index contributed by atoms with van der Waals surface area (Å²) >= 11 is 0. The molecule has 9 heterocycles. The predicted octanol–water partition coefficient (Wildman–Crippen LogP) is 12.3. The second kappa shape index (κ2) is 33.5. The van der Waals surface area contributed by atoms with E-state index in [1.54, 1.807) is 113 Å². The molecular formula is C78H84N20O9. The van der Waals surface area contributed by atoms with Gasteiger partial charge >= 0.3 is 0 Å². The molecule has 29 nitrogen and oxygen atoms in total. The number of aryl methyl sites for hydroxylation is 4. The van der Waals surface area contributed by atoms with Gasteiger partial charge in [-0.25, -0.2) is 29.3 Å². The van der Waals surface area contributed by atoms with Crippen LogP contribution in [0.25, 0.3) is 66.9 Å². The molecule has 1 aliphatic heterocycles. The Labute approximate surface area is 618 Å². The Morgan fingerprint density at radius 1 is 0.477 bits per heavy atom. The molecule has 1 fully saturated rings. The molecule has 0 saturated carbocycles. The van der Waals surface area contributed by atoms with Crippen LogP contribution in [0.5, 0.6) is 34.5 Å². The normalized spacial score (nSPS) is 13.0. The van der Waals surface area contributed by atoms with Crippen LogP contribution in [0.3, 0.4) is 0 Å². The first kappa shape index (κ1) is 72.7. The summed E-state index contributed by atoms with van der Waals surface area (Å²) in [5, 5.41) is 32.5. The number of aliphatic hydroxyl groups is 1. The molecule has 0 amide bonds. The first-order valence-corrected chi connectivity index (χ1v) is 34.6. The minimum absolute atomic E-state index is 0.0142. The predicted molar refractivity (Wildman–Crippen MR) is 407 cm³/mol. The topological polar surface area (TPSA) is 283 Å². The van der Waals surface area contributed by atoms with Crippen molar-refractivity contribution < 1.29 is 43.0 Å². The lowest BCUT2D eigenvalue weighted by molar-refractivity contribution is -0.0396. The molecular weight excluding hydrogens is 1360 g/mol. The molecule has 15 rings (SSSR count). The maximum atomic E-state index is 10.5. The van der Waals surface area contributed by atoms with Gasteiger partial charge in [0.05, 0.1) is 168 Å². The van der Waals surface area contributed by atoms with Crippen molar-refractivity contribution in [2.45, 2.75) is 51.6 Å². The lowest BCUT2D eigenvalue weighted by Crippen LogP contribution is -2.31. The molecule has 14 aromatic rings. The molecule has 1 N–H and O–H groups in total. The van der Waals surface area contributed by atoms with Crippen molar-refractivity contribution in [3.05, 3.63) is 195 Å². The number of rotatable bonds is 25. The molecule has 29 heteroatoms. The molecule has 6 aromatic carbocycles. The highest BCUT2D eigenvalue weighted by molar-refractivity contribution is 5.86. The van der Waals surface area contributed by atoms with E-state index in [9.17, 15) is 5.11 Å². The molecule has 0 aliphatic carbocycles. The molecule has 0 radical (unpaired) electrons. The van der Waals surface area contributed by atoms with Gasteiger partial charge in [0.1, 0.15) is 52.9 Å². The van der Waals surface area contributed by atoms with Gasteiger partial charge in [-0.2, -0.15) is 25.5 Å². The van der Waals surface area contributed by atoms with Gasteiger partial charge < -0.3 is 57.7 Å². The summed E-state index contributed by atoms with van der Waals surface area (Å²) < 4.78 is 53.3. The van der Waals surface area contributed by atoms with Crippen molar-refractivity contribution in [2.75, 3.05) is 90.8 Å². The lowest BCUT2D eigenvalue weighted by Gasteiger charge is -2.28. The Morgan fingerprint density at radius 2 is 0.907 bits per heavy atom. The number of aliphatic hydroxyl groups excluding tert-OH is 1. The highest BCUT2D eigenvalue weighted by Gasteiger charge is 2.23. The van der Waals surface area contributed by atoms with Gasteiger partial charge in [0.2, 0.25) is 0 Å². The molecule has 1 aliphatic rings. The van der Waals surface area contributed by atoms with E-state index in [2.05, 4.69) is 56.2 Å². The van der Waals surface area contributed by atoms with E-state index in [0.717, 1.165) is 138 Å². The first-order chi connectivity index (χ1) is 52.1. The van der Waals surface area contributed by atoms with E-state index in [-0.39, 0.29) is 12.8 Å². The van der Waals surface area contributed by atoms with E-state index in [0.29, 0.717) is 60.7 Å². The zero-order valence-electron chi connectivity index (χ0n) is 61.5. The van der Waals surface area contributed by atoms with E-state index >= 15 is 0 Å². The fourth-order valence-electron chi connectivity index (χ4n) is 12.4. The molecule has 1 unspecified atom stereocenters. The number of ether oxygens (including phenoxy) is 8. The standard InChI is InChI=1S/C29H31N7O3.C25H26N8O2.C24H27N5O4/c1-34-18-20(16-31-34)28-17-30-26-8-7-22(14-27(26)32-28)35(23-12-24(37-2)15-25(13-23)38-3)19-21-9-10-36(33-21)29-6-4-5-11-39-29;1-17-27-16-29-33(17)8-7-32(20-9-21(34-3)12-22(10-20)35-4)19-5-6-23-24(11-19)30-25(14-26-23)18-13-28-31(2)15-18;1-28-13-16(11-26-28)24-12-25-22-6-5-17(9-23(22)27-24)29(14-19(30)15-31-2)18-7-20(32-3)10-21(8-18)33-4/h7-10,12-18,29H,4-6,11,19H2,1-3H3;5-6,9-16H,7-8H2,1-4H3;5-13,19,30H,14-15H2,1-4H3/t;;19-/m..0/s1. The average Bonchev–Trinajstić information content (AvgIpc) is 1.65. The maximum Gasteiger partial charge on any atom is 0.150 e. The summed E-state index contributed by atoms with van der Waals surface area (Å²) in [7, 11) is 17.0. The Hall–Kier alpha value is -12.6. The summed E-state index contributed by atoms with van der Waals surface area (Å²) in [6.45, 7) is 5.03. The van der Waals surface area contributed by atoms with Crippen LogP contribution >= 0.6 is 0 Å². The number of hydrogen-bond donors (Lipinski definition) is 1. The monoisotopic (exact) mass is 1440 g/mol. The van der Waals surface area contributed by atoms with E-state index in [4.69, 9.17) is 57.9 Å². The first-order valence-electron chi connectivity index (χ1n) is 34.6. The van der Waals surface area contributed by atoms with Gasteiger partial charge in [0.15, 0.2) is 0 Å². The van der Waals surface area contributed by atoms with Gasteiger partial charge in [0.25, 0.3) is 0 Å². The van der Waals surface area contributed by atoms with Crippen molar-refractivity contribution in [3.8, 4) is 68.3 Å². The largest absolute Gasteiger partial charge is 0.497 e. The van der Waals surface area contributed by atoms with Gasteiger partial charge in [-0.15, -0.1) is 0 Å². The number of methoxy groups -OCH3 is 7. The molecule has 2 atom stereocenters. The lowest BCUT2D eigenvalue weighted by atomic mass is 10.1. The second-order valence-electron chi connectivity index (χ2n) is 25.3. The molecule has 107 heavy (non-hydrogen) atoms. The van der Waals surface area contributed by atoms with E-state index < -0.39 is 6.10 Å². The third-order valence-corrected chi connectivity index (χ3v) is 18.0. The van der Waals surface area contributed by atoms with Crippen molar-refractivity contribution in [1.29, 1.82) is 0 Å². The Morgan fingerprint density at radius 3 is 1.30 bits per heavy atom. The van der Waals surface area contributed by atoms with Crippen LogP contribution in [0.15, 0.2) is 184 Å². The Kier molecular flexibility index (Phi) is 22.7. The summed E-state index contributed by atoms with van der Waals surface area (Å²) in [5.41, 5.74) is 16.0. The summed E-state index contributed by atoms with van der Waals surface area (Å²) in [4.78, 5) is 39.0. The second-order valence-corrected chi connectivity index (χ2v) is 25.3. The number of fused-ring (bicyclic) bond motifs is 3. The highest BCUT2D eigenvalue weighted by Crippen LogP contribution is 2.39. The third kappa shape index (κ3) is 17.5. The molecule has 550 valence electrons. The summed E-state index contributed by atoms with van der Waals surface area (Å²) in [6.07, 6.45) is 22.5. The van der Waals surface area contributed by atoms with Crippen LogP contribution in [0, 0.1) is 6.92 Å². The van der Waals surface area contributed by atoms with Crippen molar-refractivity contribution in [2.24, 2.45) is 21.1 Å². The van der Waals surface area contributed by atoms with Crippen LogP contribution < -0.4 is 43.1 Å².